The Morgan fingerprint density at radius 1 is 1.10 bits per heavy atom. The molecule has 1 aromatic rings. The molecule has 118 valence electrons. The lowest BCUT2D eigenvalue weighted by atomic mass is 10.0. The topological polar surface area (TPSA) is 32.5 Å². The second kappa shape index (κ2) is 7.92. The number of nitrogens with two attached hydrogens (primary N) is 1. The monoisotopic (exact) mass is 289 g/mol. The Morgan fingerprint density at radius 3 is 2.24 bits per heavy atom. The first kappa shape index (κ1) is 16.5. The molecule has 1 atom stereocenters. The molecule has 3 nitrogen and oxygen atoms in total. The van der Waals surface area contributed by atoms with E-state index in [0.717, 1.165) is 19.5 Å². The van der Waals surface area contributed by atoms with Crippen molar-refractivity contribution in [2.24, 2.45) is 5.73 Å². The lowest BCUT2D eigenvalue weighted by Crippen LogP contribution is -2.50. The van der Waals surface area contributed by atoms with E-state index in [2.05, 4.69) is 48.8 Å². The summed E-state index contributed by atoms with van der Waals surface area (Å²) in [5, 5.41) is 0. The van der Waals surface area contributed by atoms with Crippen LogP contribution in [0.4, 0.5) is 0 Å². The molecule has 0 radical (unpaired) electrons. The van der Waals surface area contributed by atoms with Crippen molar-refractivity contribution in [2.45, 2.75) is 46.2 Å². The Labute approximate surface area is 130 Å². The van der Waals surface area contributed by atoms with Gasteiger partial charge in [0.1, 0.15) is 0 Å². The number of hydrogen-bond acceptors (Lipinski definition) is 3. The molecular weight excluding hydrogens is 258 g/mol. The molecule has 0 aliphatic carbocycles. The van der Waals surface area contributed by atoms with Gasteiger partial charge in [0.05, 0.1) is 0 Å². The molecule has 3 heteroatoms. The summed E-state index contributed by atoms with van der Waals surface area (Å²) in [5.74, 6) is 0. The fraction of sp³-hybridized carbons (Fsp3) is 0.667. The molecule has 1 aliphatic rings. The van der Waals surface area contributed by atoms with Gasteiger partial charge in [-0.25, -0.2) is 0 Å². The van der Waals surface area contributed by atoms with Crippen molar-refractivity contribution >= 4 is 0 Å². The van der Waals surface area contributed by atoms with Gasteiger partial charge in [-0.3, -0.25) is 9.80 Å². The molecule has 0 bridgehead atoms. The second-order valence-corrected chi connectivity index (χ2v) is 6.32. The zero-order valence-corrected chi connectivity index (χ0v) is 13.9. The van der Waals surface area contributed by atoms with Crippen LogP contribution in [0.3, 0.4) is 0 Å². The molecule has 0 spiro atoms. The minimum atomic E-state index is 0.678. The average molecular weight is 289 g/mol. The SMILES string of the molecule is CCC(CCN)N1CCN(Cc2c(C)cccc2C)CC1. The molecule has 2 N–H and O–H groups in total. The highest BCUT2D eigenvalue weighted by atomic mass is 15.3. The molecule has 1 fully saturated rings. The summed E-state index contributed by atoms with van der Waals surface area (Å²) in [7, 11) is 0. The third-order valence-electron chi connectivity index (χ3n) is 4.92. The number of aryl methyl sites for hydroxylation is 2. The summed E-state index contributed by atoms with van der Waals surface area (Å²) in [6.07, 6.45) is 2.35. The number of hydrogen-bond donors (Lipinski definition) is 1. The molecule has 2 rings (SSSR count). The molecule has 1 aliphatic heterocycles. The molecular formula is C18H31N3. The maximum Gasteiger partial charge on any atom is 0.0240 e. The van der Waals surface area contributed by atoms with Crippen molar-refractivity contribution in [1.82, 2.24) is 9.80 Å². The highest BCUT2D eigenvalue weighted by Crippen LogP contribution is 2.18. The van der Waals surface area contributed by atoms with Crippen LogP contribution < -0.4 is 5.73 Å². The summed E-state index contributed by atoms with van der Waals surface area (Å²) in [6, 6.07) is 7.29. The van der Waals surface area contributed by atoms with E-state index in [9.17, 15) is 0 Å². The van der Waals surface area contributed by atoms with Crippen molar-refractivity contribution in [2.75, 3.05) is 32.7 Å². The zero-order valence-electron chi connectivity index (χ0n) is 13.9. The van der Waals surface area contributed by atoms with Gasteiger partial charge in [0.25, 0.3) is 0 Å². The van der Waals surface area contributed by atoms with Crippen LogP contribution in [0.15, 0.2) is 18.2 Å². The third-order valence-corrected chi connectivity index (χ3v) is 4.92. The van der Waals surface area contributed by atoms with Gasteiger partial charge in [0.15, 0.2) is 0 Å². The van der Waals surface area contributed by atoms with Crippen LogP contribution in [-0.2, 0) is 6.54 Å². The van der Waals surface area contributed by atoms with E-state index in [1.54, 1.807) is 0 Å². The molecule has 1 saturated heterocycles. The van der Waals surface area contributed by atoms with E-state index in [1.807, 2.05) is 0 Å². The smallest absolute Gasteiger partial charge is 0.0240 e. The van der Waals surface area contributed by atoms with Gasteiger partial charge < -0.3 is 5.73 Å². The summed E-state index contributed by atoms with van der Waals surface area (Å²) < 4.78 is 0. The Bertz CT molecular complexity index is 416. The highest BCUT2D eigenvalue weighted by Gasteiger charge is 2.22. The fourth-order valence-electron chi connectivity index (χ4n) is 3.45. The van der Waals surface area contributed by atoms with Crippen LogP contribution in [0.25, 0.3) is 0 Å². The van der Waals surface area contributed by atoms with Crippen LogP contribution in [0.1, 0.15) is 36.5 Å². The first-order valence-corrected chi connectivity index (χ1v) is 8.37. The van der Waals surface area contributed by atoms with Crippen molar-refractivity contribution in [1.29, 1.82) is 0 Å². The van der Waals surface area contributed by atoms with Gasteiger partial charge in [-0.1, -0.05) is 25.1 Å². The normalized spacial score (nSPS) is 18.9. The first-order valence-electron chi connectivity index (χ1n) is 8.37. The molecule has 21 heavy (non-hydrogen) atoms. The van der Waals surface area contributed by atoms with Crippen molar-refractivity contribution in [3.63, 3.8) is 0 Å². The molecule has 0 saturated carbocycles. The Kier molecular flexibility index (Phi) is 6.22. The zero-order chi connectivity index (χ0) is 15.2. The standard InChI is InChI=1S/C18H31N3/c1-4-17(8-9-19)21-12-10-20(11-13-21)14-18-15(2)6-5-7-16(18)3/h5-7,17H,4,8-14,19H2,1-3H3. The van der Waals surface area contributed by atoms with E-state index in [0.29, 0.717) is 6.04 Å². The van der Waals surface area contributed by atoms with Gasteiger partial charge in [0, 0.05) is 38.8 Å². The van der Waals surface area contributed by atoms with Gasteiger partial charge in [0.2, 0.25) is 0 Å². The second-order valence-electron chi connectivity index (χ2n) is 6.32. The van der Waals surface area contributed by atoms with Gasteiger partial charge in [-0.15, -0.1) is 0 Å². The fourth-order valence-corrected chi connectivity index (χ4v) is 3.45. The Balaban J connectivity index is 1.89. The van der Waals surface area contributed by atoms with Crippen molar-refractivity contribution in [3.05, 3.63) is 34.9 Å². The molecule has 1 unspecified atom stereocenters. The number of piperazine rings is 1. The summed E-state index contributed by atoms with van der Waals surface area (Å²) in [4.78, 5) is 5.23. The van der Waals surface area contributed by atoms with Gasteiger partial charge in [-0.2, -0.15) is 0 Å². The van der Waals surface area contributed by atoms with Crippen molar-refractivity contribution < 1.29 is 0 Å². The Morgan fingerprint density at radius 2 is 1.71 bits per heavy atom. The lowest BCUT2D eigenvalue weighted by molar-refractivity contribution is 0.0869. The number of nitrogens with zero attached hydrogens (tertiary/aromatic N) is 2. The van der Waals surface area contributed by atoms with E-state index in [-0.39, 0.29) is 0 Å². The van der Waals surface area contributed by atoms with E-state index < -0.39 is 0 Å². The molecule has 0 aromatic heterocycles. The van der Waals surface area contributed by atoms with Crippen LogP contribution in [0.2, 0.25) is 0 Å². The van der Waals surface area contributed by atoms with Crippen LogP contribution in [0, 0.1) is 13.8 Å². The minimum Gasteiger partial charge on any atom is -0.330 e. The number of rotatable bonds is 6. The average Bonchev–Trinajstić information content (AvgIpc) is 2.49. The lowest BCUT2D eigenvalue weighted by Gasteiger charge is -2.39. The predicted molar refractivity (Wildman–Crippen MR) is 90.5 cm³/mol. The maximum absolute atomic E-state index is 5.74. The van der Waals surface area contributed by atoms with E-state index in [4.69, 9.17) is 5.73 Å². The van der Waals surface area contributed by atoms with E-state index >= 15 is 0 Å². The van der Waals surface area contributed by atoms with E-state index in [1.165, 1.54) is 49.3 Å². The number of benzene rings is 1. The van der Waals surface area contributed by atoms with Crippen LogP contribution >= 0.6 is 0 Å². The third kappa shape index (κ3) is 4.29. The van der Waals surface area contributed by atoms with Gasteiger partial charge in [-0.05, 0) is 49.9 Å². The van der Waals surface area contributed by atoms with Crippen LogP contribution in [-0.4, -0.2) is 48.6 Å². The van der Waals surface area contributed by atoms with Crippen molar-refractivity contribution in [3.8, 4) is 0 Å². The van der Waals surface area contributed by atoms with Crippen LogP contribution in [0.5, 0.6) is 0 Å². The maximum atomic E-state index is 5.74. The predicted octanol–water partition coefficient (Wildman–Crippen LogP) is 2.55. The highest BCUT2D eigenvalue weighted by molar-refractivity contribution is 5.33. The Hall–Kier alpha value is -0.900. The molecule has 1 aromatic carbocycles. The summed E-state index contributed by atoms with van der Waals surface area (Å²) >= 11 is 0. The van der Waals surface area contributed by atoms with Gasteiger partial charge >= 0.3 is 0 Å². The minimum absolute atomic E-state index is 0.678. The first-order chi connectivity index (χ1) is 10.2. The quantitative estimate of drug-likeness (QED) is 0.873. The largest absolute Gasteiger partial charge is 0.330 e. The molecule has 1 heterocycles. The summed E-state index contributed by atoms with van der Waals surface area (Å²) in [5.41, 5.74) is 10.1. The molecule has 0 amide bonds. The summed E-state index contributed by atoms with van der Waals surface area (Å²) in [6.45, 7) is 13.4.